The average Bonchev–Trinajstić information content (AvgIpc) is 3.77. The molecule has 228 valence electrons. The van der Waals surface area contributed by atoms with Gasteiger partial charge in [-0.15, -0.1) is 11.3 Å². The molecular formula is C29H30F4N6O3S. The number of piperidine rings is 1. The maximum Gasteiger partial charge on any atom is 0.282 e. The van der Waals surface area contributed by atoms with Crippen molar-refractivity contribution in [2.45, 2.75) is 69.9 Å². The summed E-state index contributed by atoms with van der Waals surface area (Å²) >= 11 is 1.54. The van der Waals surface area contributed by atoms with Crippen molar-refractivity contribution in [3.05, 3.63) is 68.4 Å². The third-order valence-corrected chi connectivity index (χ3v) is 9.13. The van der Waals surface area contributed by atoms with E-state index in [2.05, 4.69) is 33.6 Å². The van der Waals surface area contributed by atoms with Gasteiger partial charge in [0.1, 0.15) is 30.8 Å². The molecule has 1 aliphatic carbocycles. The van der Waals surface area contributed by atoms with Crippen LogP contribution in [0.3, 0.4) is 0 Å². The number of thiazole rings is 1. The lowest BCUT2D eigenvalue weighted by Gasteiger charge is -2.31. The zero-order chi connectivity index (χ0) is 30.1. The SMILES string of the molecule is CO/N=C1\CCCc2ccc(C3CC(c4csc(C5CCN(C(=O)Cn6nc(C(F)F)cc6C(F)F)CC5)n4)=NO3)cc21. The number of hydrogen-bond acceptors (Lipinski definition) is 8. The number of fused-ring (bicyclic) bond motifs is 1. The highest BCUT2D eigenvalue weighted by atomic mass is 32.1. The van der Waals surface area contributed by atoms with Gasteiger partial charge in [0, 0.05) is 36.4 Å². The van der Waals surface area contributed by atoms with Crippen LogP contribution < -0.4 is 0 Å². The number of amides is 1. The summed E-state index contributed by atoms with van der Waals surface area (Å²) in [5.74, 6) is -0.303. The summed E-state index contributed by atoms with van der Waals surface area (Å²) in [7, 11) is 1.56. The largest absolute Gasteiger partial charge is 0.399 e. The van der Waals surface area contributed by atoms with Crippen molar-refractivity contribution >= 4 is 28.7 Å². The molecule has 43 heavy (non-hydrogen) atoms. The first-order valence-electron chi connectivity index (χ1n) is 14.1. The molecule has 9 nitrogen and oxygen atoms in total. The quantitative estimate of drug-likeness (QED) is 0.222. The molecule has 1 saturated heterocycles. The van der Waals surface area contributed by atoms with E-state index in [-0.39, 0.29) is 12.0 Å². The number of carbonyl (C=O) groups is 1. The van der Waals surface area contributed by atoms with Gasteiger partial charge in [0.2, 0.25) is 5.91 Å². The third kappa shape index (κ3) is 6.15. The number of oxime groups is 2. The fourth-order valence-corrected chi connectivity index (χ4v) is 6.85. The van der Waals surface area contributed by atoms with Gasteiger partial charge in [0.15, 0.2) is 6.10 Å². The Balaban J connectivity index is 1.05. The lowest BCUT2D eigenvalue weighted by atomic mass is 9.87. The summed E-state index contributed by atoms with van der Waals surface area (Å²) < 4.78 is 53.2. The number of likely N-dealkylation sites (tertiary alicyclic amines) is 1. The molecule has 0 spiro atoms. The van der Waals surface area contributed by atoms with E-state index < -0.39 is 36.7 Å². The highest BCUT2D eigenvalue weighted by Gasteiger charge is 2.31. The van der Waals surface area contributed by atoms with Gasteiger partial charge in [-0.1, -0.05) is 22.4 Å². The number of aryl methyl sites for hydroxylation is 1. The Morgan fingerprint density at radius 2 is 1.98 bits per heavy atom. The van der Waals surface area contributed by atoms with Crippen molar-refractivity contribution in [1.82, 2.24) is 19.7 Å². The summed E-state index contributed by atoms with van der Waals surface area (Å²) in [4.78, 5) is 30.1. The van der Waals surface area contributed by atoms with Crippen LogP contribution in [0.15, 0.2) is 40.0 Å². The minimum Gasteiger partial charge on any atom is -0.399 e. The van der Waals surface area contributed by atoms with Crippen molar-refractivity contribution < 1.29 is 32.0 Å². The molecule has 2 aromatic heterocycles. The van der Waals surface area contributed by atoms with E-state index in [0.717, 1.165) is 52.5 Å². The van der Waals surface area contributed by atoms with Crippen LogP contribution >= 0.6 is 11.3 Å². The van der Waals surface area contributed by atoms with Gasteiger partial charge in [-0.25, -0.2) is 22.5 Å². The minimum absolute atomic E-state index is 0.132. The van der Waals surface area contributed by atoms with Crippen LogP contribution in [-0.2, 0) is 27.4 Å². The summed E-state index contributed by atoms with van der Waals surface area (Å²) in [6, 6.07) is 6.98. The van der Waals surface area contributed by atoms with Gasteiger partial charge in [-0.2, -0.15) is 5.10 Å². The number of alkyl halides is 4. The van der Waals surface area contributed by atoms with E-state index in [0.29, 0.717) is 43.1 Å². The first-order chi connectivity index (χ1) is 20.8. The number of carbonyl (C=O) groups excluding carboxylic acids is 1. The van der Waals surface area contributed by atoms with Gasteiger partial charge in [-0.05, 0) is 55.4 Å². The van der Waals surface area contributed by atoms with Gasteiger partial charge in [0.25, 0.3) is 12.9 Å². The normalized spacial score (nSPS) is 20.1. The Hall–Kier alpha value is -3.81. The number of halogens is 4. The van der Waals surface area contributed by atoms with Crippen molar-refractivity contribution in [2.24, 2.45) is 10.3 Å². The van der Waals surface area contributed by atoms with Gasteiger partial charge in [0.05, 0.1) is 16.4 Å². The second-order valence-corrected chi connectivity index (χ2v) is 11.7. The van der Waals surface area contributed by atoms with Crippen LogP contribution in [0.1, 0.15) is 95.8 Å². The average molecular weight is 619 g/mol. The molecule has 6 rings (SSSR count). The molecule has 1 aromatic carbocycles. The third-order valence-electron chi connectivity index (χ3n) is 8.12. The van der Waals surface area contributed by atoms with E-state index in [9.17, 15) is 22.4 Å². The first-order valence-corrected chi connectivity index (χ1v) is 15.0. The second kappa shape index (κ2) is 12.4. The molecule has 1 unspecified atom stereocenters. The molecule has 1 amide bonds. The fourth-order valence-electron chi connectivity index (χ4n) is 5.85. The zero-order valence-corrected chi connectivity index (χ0v) is 24.2. The monoisotopic (exact) mass is 618 g/mol. The van der Waals surface area contributed by atoms with E-state index >= 15 is 0 Å². The predicted octanol–water partition coefficient (Wildman–Crippen LogP) is 6.17. The maximum absolute atomic E-state index is 13.3. The molecule has 4 heterocycles. The van der Waals surface area contributed by atoms with E-state index in [1.807, 2.05) is 5.38 Å². The van der Waals surface area contributed by atoms with Crippen molar-refractivity contribution in [3.8, 4) is 0 Å². The topological polar surface area (TPSA) is 94.2 Å². The molecule has 3 aromatic rings. The molecular weight excluding hydrogens is 588 g/mol. The lowest BCUT2D eigenvalue weighted by molar-refractivity contribution is -0.133. The number of benzene rings is 1. The summed E-state index contributed by atoms with van der Waals surface area (Å²) in [5, 5.41) is 15.0. The van der Waals surface area contributed by atoms with Crippen LogP contribution in [0.4, 0.5) is 17.6 Å². The molecule has 0 saturated carbocycles. The van der Waals surface area contributed by atoms with Crippen LogP contribution in [0, 0.1) is 0 Å². The van der Waals surface area contributed by atoms with Crippen molar-refractivity contribution in [3.63, 3.8) is 0 Å². The smallest absolute Gasteiger partial charge is 0.282 e. The standard InChI is InChI=1S/C29H30F4N6O3S/c1-41-36-20-4-2-3-16-5-6-18(11-19(16)20)25-13-21(37-42-25)23-15-43-29(34-23)17-7-9-38(10-8-17)26(40)14-39-24(28(32)33)12-22(35-39)27(30)31/h5-6,11-12,15,17,25,27-28H,2-4,7-10,13-14H2,1H3/b36-20+. The van der Waals surface area contributed by atoms with E-state index in [1.54, 1.807) is 12.0 Å². The number of nitrogens with zero attached hydrogens (tertiary/aromatic N) is 6. The van der Waals surface area contributed by atoms with Gasteiger partial charge in [-0.3, -0.25) is 9.48 Å². The van der Waals surface area contributed by atoms with Crippen LogP contribution in [0.2, 0.25) is 0 Å². The molecule has 3 aliphatic rings. The Morgan fingerprint density at radius 1 is 1.16 bits per heavy atom. The highest BCUT2D eigenvalue weighted by Crippen LogP contribution is 2.35. The minimum atomic E-state index is -3.01. The molecule has 1 fully saturated rings. The molecule has 14 heteroatoms. The Kier molecular flexibility index (Phi) is 8.46. The number of hydrogen-bond donors (Lipinski definition) is 0. The number of rotatable bonds is 8. The molecule has 1 atom stereocenters. The number of aromatic nitrogens is 3. The van der Waals surface area contributed by atoms with Crippen molar-refractivity contribution in [1.29, 1.82) is 0 Å². The predicted molar refractivity (Wildman–Crippen MR) is 151 cm³/mol. The Labute approximate surface area is 249 Å². The summed E-state index contributed by atoms with van der Waals surface area (Å²) in [5.41, 5.74) is 4.42. The maximum atomic E-state index is 13.3. The fraction of sp³-hybridized carbons (Fsp3) is 0.483. The highest BCUT2D eigenvalue weighted by molar-refractivity contribution is 7.10. The summed E-state index contributed by atoms with van der Waals surface area (Å²) in [6.07, 6.45) is -1.42. The molecule has 0 bridgehead atoms. The molecule has 0 N–H and O–H groups in total. The Morgan fingerprint density at radius 3 is 2.72 bits per heavy atom. The van der Waals surface area contributed by atoms with Gasteiger partial charge >= 0.3 is 0 Å². The Bertz CT molecular complexity index is 1550. The lowest BCUT2D eigenvalue weighted by Crippen LogP contribution is -2.40. The van der Waals surface area contributed by atoms with Crippen molar-refractivity contribution in [2.75, 3.05) is 20.2 Å². The van der Waals surface area contributed by atoms with Gasteiger partial charge < -0.3 is 14.6 Å². The zero-order valence-electron chi connectivity index (χ0n) is 23.4. The van der Waals surface area contributed by atoms with Crippen LogP contribution in [0.5, 0.6) is 0 Å². The molecule has 0 radical (unpaired) electrons. The summed E-state index contributed by atoms with van der Waals surface area (Å²) in [6.45, 7) is 0.304. The van der Waals surface area contributed by atoms with E-state index in [4.69, 9.17) is 14.7 Å². The van der Waals surface area contributed by atoms with Crippen LogP contribution in [0.25, 0.3) is 0 Å². The second-order valence-electron chi connectivity index (χ2n) is 10.8. The van der Waals surface area contributed by atoms with Crippen LogP contribution in [-0.4, -0.2) is 57.2 Å². The first kappa shape index (κ1) is 29.3. The molecule has 2 aliphatic heterocycles. The van der Waals surface area contributed by atoms with E-state index in [1.165, 1.54) is 16.9 Å².